The Morgan fingerprint density at radius 2 is 2.40 bits per heavy atom. The fourth-order valence-electron chi connectivity index (χ4n) is 1.49. The van der Waals surface area contributed by atoms with Crippen molar-refractivity contribution in [3.05, 3.63) is 0 Å². The summed E-state index contributed by atoms with van der Waals surface area (Å²) in [5.74, 6) is 0. The molecule has 60 valence electrons. The minimum atomic E-state index is -0.608. The van der Waals surface area contributed by atoms with E-state index in [9.17, 15) is 4.39 Å². The Morgan fingerprint density at radius 3 is 2.80 bits per heavy atom. The molecule has 0 saturated carbocycles. The van der Waals surface area contributed by atoms with Crippen molar-refractivity contribution in [1.29, 1.82) is 0 Å². The zero-order chi connectivity index (χ0) is 7.56. The molecule has 1 heterocycles. The molecule has 1 saturated heterocycles. The topological polar surface area (TPSA) is 15.3 Å². The number of hydrogen-bond donors (Lipinski definition) is 1. The molecule has 1 aliphatic heterocycles. The summed E-state index contributed by atoms with van der Waals surface area (Å²) >= 11 is 0. The average Bonchev–Trinajstić information content (AvgIpc) is 2.13. The second-order valence-corrected chi connectivity index (χ2v) is 2.98. The van der Waals surface area contributed by atoms with Crippen molar-refractivity contribution in [2.75, 3.05) is 27.2 Å². The number of nitrogens with one attached hydrogen (secondary N) is 1. The Morgan fingerprint density at radius 1 is 1.70 bits per heavy atom. The molecular weight excluding hydrogens is 131 g/mol. The molecule has 0 spiro atoms. The number of likely N-dealkylation sites (N-methyl/N-ethyl adjacent to an activating group) is 2. The van der Waals surface area contributed by atoms with Crippen LogP contribution in [0, 0.1) is 0 Å². The van der Waals surface area contributed by atoms with Gasteiger partial charge in [0.2, 0.25) is 0 Å². The van der Waals surface area contributed by atoms with Gasteiger partial charge >= 0.3 is 0 Å². The maximum atomic E-state index is 12.7. The summed E-state index contributed by atoms with van der Waals surface area (Å²) in [7, 11) is 3.88. The van der Waals surface area contributed by atoms with Crippen LogP contribution in [0.15, 0.2) is 0 Å². The fourth-order valence-corrected chi connectivity index (χ4v) is 1.49. The first kappa shape index (κ1) is 7.95. The average molecular weight is 146 g/mol. The van der Waals surface area contributed by atoms with Crippen LogP contribution in [0.5, 0.6) is 0 Å². The van der Waals surface area contributed by atoms with Gasteiger partial charge in [0.05, 0.1) is 0 Å². The second-order valence-electron chi connectivity index (χ2n) is 2.98. The van der Waals surface area contributed by atoms with Crippen LogP contribution < -0.4 is 5.32 Å². The number of nitrogens with zero attached hydrogens (tertiary/aromatic N) is 1. The summed E-state index contributed by atoms with van der Waals surface area (Å²) in [4.78, 5) is 2.07. The van der Waals surface area contributed by atoms with Crippen molar-refractivity contribution in [1.82, 2.24) is 10.2 Å². The van der Waals surface area contributed by atoms with E-state index in [1.165, 1.54) is 0 Å². The molecule has 0 aromatic heterocycles. The number of alkyl halides is 1. The molecule has 1 N–H and O–H groups in total. The summed E-state index contributed by atoms with van der Waals surface area (Å²) in [6.07, 6.45) is 0.0838. The van der Waals surface area contributed by atoms with E-state index in [1.807, 2.05) is 14.1 Å². The summed E-state index contributed by atoms with van der Waals surface area (Å²) in [6, 6.07) is 0.403. The summed E-state index contributed by atoms with van der Waals surface area (Å²) in [6.45, 7) is 1.50. The zero-order valence-electron chi connectivity index (χ0n) is 6.60. The number of hydrogen-bond acceptors (Lipinski definition) is 2. The van der Waals surface area contributed by atoms with E-state index in [0.29, 0.717) is 19.0 Å². The lowest BCUT2D eigenvalue weighted by atomic mass is 10.2. The quantitative estimate of drug-likeness (QED) is 0.600. The van der Waals surface area contributed by atoms with Gasteiger partial charge in [0, 0.05) is 19.1 Å². The Hall–Kier alpha value is -0.150. The lowest BCUT2D eigenvalue weighted by Gasteiger charge is -2.17. The molecule has 0 aliphatic carbocycles. The fraction of sp³-hybridized carbons (Fsp3) is 1.00. The molecular formula is C7H15FN2. The highest BCUT2D eigenvalue weighted by Gasteiger charge is 2.28. The summed E-state index contributed by atoms with van der Waals surface area (Å²) < 4.78 is 12.7. The predicted molar refractivity (Wildman–Crippen MR) is 39.9 cm³/mol. The molecule has 0 aromatic rings. The van der Waals surface area contributed by atoms with Crippen LogP contribution >= 0.6 is 0 Å². The number of rotatable bonds is 2. The monoisotopic (exact) mass is 146 g/mol. The first-order valence-electron chi connectivity index (χ1n) is 3.73. The lowest BCUT2D eigenvalue weighted by Crippen LogP contribution is -2.33. The van der Waals surface area contributed by atoms with Crippen molar-refractivity contribution >= 4 is 0 Å². The van der Waals surface area contributed by atoms with Gasteiger partial charge in [0.1, 0.15) is 6.17 Å². The normalized spacial score (nSPS) is 35.1. The first-order chi connectivity index (χ1) is 4.74. The third-order valence-corrected chi connectivity index (χ3v) is 2.08. The third-order valence-electron chi connectivity index (χ3n) is 2.08. The van der Waals surface area contributed by atoms with Crippen molar-refractivity contribution < 1.29 is 4.39 Å². The Labute approximate surface area is 61.4 Å². The van der Waals surface area contributed by atoms with Crippen LogP contribution in [0.4, 0.5) is 4.39 Å². The molecule has 0 unspecified atom stereocenters. The van der Waals surface area contributed by atoms with Crippen molar-refractivity contribution in [3.8, 4) is 0 Å². The van der Waals surface area contributed by atoms with Gasteiger partial charge in [-0.1, -0.05) is 0 Å². The largest absolute Gasteiger partial charge is 0.318 e. The van der Waals surface area contributed by atoms with E-state index in [1.54, 1.807) is 0 Å². The molecule has 0 radical (unpaired) electrons. The van der Waals surface area contributed by atoms with Crippen LogP contribution in [0.3, 0.4) is 0 Å². The third kappa shape index (κ3) is 1.67. The Balaban J connectivity index is 2.31. The van der Waals surface area contributed by atoms with Gasteiger partial charge in [-0.2, -0.15) is 0 Å². The van der Waals surface area contributed by atoms with Gasteiger partial charge in [0.25, 0.3) is 0 Å². The number of halogens is 1. The van der Waals surface area contributed by atoms with E-state index in [0.717, 1.165) is 6.54 Å². The molecule has 2 nitrogen and oxygen atoms in total. The highest BCUT2D eigenvalue weighted by Crippen LogP contribution is 2.17. The zero-order valence-corrected chi connectivity index (χ0v) is 6.60. The van der Waals surface area contributed by atoms with E-state index >= 15 is 0 Å². The Kier molecular flexibility index (Phi) is 2.63. The van der Waals surface area contributed by atoms with E-state index in [-0.39, 0.29) is 0 Å². The molecule has 0 bridgehead atoms. The smallest absolute Gasteiger partial charge is 0.114 e. The van der Waals surface area contributed by atoms with Gasteiger partial charge in [-0.3, -0.25) is 4.90 Å². The molecule has 0 aromatic carbocycles. The molecule has 2 atom stereocenters. The summed E-state index contributed by atoms with van der Waals surface area (Å²) in [5.41, 5.74) is 0. The van der Waals surface area contributed by atoms with Gasteiger partial charge in [0.15, 0.2) is 0 Å². The molecule has 1 fully saturated rings. The SMILES string of the molecule is CNC[C@H]1C[C@H](F)CN1C. The maximum Gasteiger partial charge on any atom is 0.114 e. The van der Waals surface area contributed by atoms with Crippen LogP contribution in [0.2, 0.25) is 0 Å². The van der Waals surface area contributed by atoms with Gasteiger partial charge in [-0.15, -0.1) is 0 Å². The molecule has 1 aliphatic rings. The minimum Gasteiger partial charge on any atom is -0.318 e. The lowest BCUT2D eigenvalue weighted by molar-refractivity contribution is 0.291. The van der Waals surface area contributed by atoms with Crippen molar-refractivity contribution in [2.24, 2.45) is 0 Å². The van der Waals surface area contributed by atoms with Crippen LogP contribution in [0.1, 0.15) is 6.42 Å². The summed E-state index contributed by atoms with van der Waals surface area (Å²) in [5, 5.41) is 3.05. The van der Waals surface area contributed by atoms with E-state index in [2.05, 4.69) is 10.2 Å². The van der Waals surface area contributed by atoms with Crippen LogP contribution in [0.25, 0.3) is 0 Å². The molecule has 0 amide bonds. The van der Waals surface area contributed by atoms with Crippen molar-refractivity contribution in [3.63, 3.8) is 0 Å². The predicted octanol–water partition coefficient (Wildman–Crippen LogP) is 0.248. The van der Waals surface area contributed by atoms with Crippen LogP contribution in [-0.4, -0.2) is 44.3 Å². The minimum absolute atomic E-state index is 0.403. The number of likely N-dealkylation sites (tertiary alicyclic amines) is 1. The molecule has 3 heteroatoms. The highest BCUT2D eigenvalue weighted by atomic mass is 19.1. The van der Waals surface area contributed by atoms with E-state index < -0.39 is 6.17 Å². The molecule has 1 rings (SSSR count). The highest BCUT2D eigenvalue weighted by molar-refractivity contribution is 4.83. The molecule has 10 heavy (non-hydrogen) atoms. The van der Waals surface area contributed by atoms with Gasteiger partial charge in [-0.25, -0.2) is 4.39 Å². The van der Waals surface area contributed by atoms with E-state index in [4.69, 9.17) is 0 Å². The van der Waals surface area contributed by atoms with Crippen LogP contribution in [-0.2, 0) is 0 Å². The first-order valence-corrected chi connectivity index (χ1v) is 3.73. The van der Waals surface area contributed by atoms with Gasteiger partial charge in [-0.05, 0) is 20.5 Å². The Bertz CT molecular complexity index is 108. The van der Waals surface area contributed by atoms with Crippen molar-refractivity contribution in [2.45, 2.75) is 18.6 Å². The second kappa shape index (κ2) is 3.30. The maximum absolute atomic E-state index is 12.7. The standard InChI is InChI=1S/C7H15FN2/c1-9-4-7-3-6(8)5-10(7)2/h6-7,9H,3-5H2,1-2H3/t6-,7+/m0/s1. The van der Waals surface area contributed by atoms with Gasteiger partial charge < -0.3 is 5.32 Å².